The third-order valence-electron chi connectivity index (χ3n) is 8.42. The third-order valence-corrected chi connectivity index (χ3v) is 8.42. The molecule has 6 nitrogen and oxygen atoms in total. The van der Waals surface area contributed by atoms with Crippen LogP contribution < -0.4 is 0 Å². The first-order chi connectivity index (χ1) is 19.7. The zero-order chi connectivity index (χ0) is 31.4. The number of carbonyl (C=O) groups is 3. The maximum Gasteiger partial charge on any atom is 0.304 e. The zero-order valence-electron chi connectivity index (χ0n) is 26.1. The van der Waals surface area contributed by atoms with Gasteiger partial charge in [-0.15, -0.1) is 6.58 Å². The lowest BCUT2D eigenvalue weighted by Gasteiger charge is -2.43. The van der Waals surface area contributed by atoms with Crippen molar-refractivity contribution in [3.05, 3.63) is 94.0 Å². The second kappa shape index (κ2) is 13.5. The fraction of sp³-hybridized carbons (Fsp3) is 0.472. The van der Waals surface area contributed by atoms with E-state index in [1.807, 2.05) is 58.9 Å². The molecule has 2 N–H and O–H groups in total. The van der Waals surface area contributed by atoms with Gasteiger partial charge in [-0.2, -0.15) is 0 Å². The quantitative estimate of drug-likeness (QED) is 0.193. The summed E-state index contributed by atoms with van der Waals surface area (Å²) in [6.45, 7) is 17.4. The number of allylic oxidation sites excluding steroid dienone is 8. The van der Waals surface area contributed by atoms with Crippen molar-refractivity contribution in [1.82, 2.24) is 0 Å². The number of benzene rings is 1. The Morgan fingerprint density at radius 3 is 2.26 bits per heavy atom. The molecule has 1 aromatic carbocycles. The van der Waals surface area contributed by atoms with Crippen LogP contribution in [0.5, 0.6) is 0 Å². The van der Waals surface area contributed by atoms with Gasteiger partial charge in [-0.1, -0.05) is 66.1 Å². The Balaban J connectivity index is 2.42. The van der Waals surface area contributed by atoms with Gasteiger partial charge in [0, 0.05) is 11.5 Å². The Morgan fingerprint density at radius 2 is 1.71 bits per heavy atom. The topological polar surface area (TPSA) is 101 Å². The zero-order valence-corrected chi connectivity index (χ0v) is 26.1. The maximum absolute atomic E-state index is 14.7. The molecule has 5 atom stereocenters. The minimum Gasteiger partial charge on any atom is -0.511 e. The average molecular weight is 575 g/mol. The Bertz CT molecular complexity index is 1350. The van der Waals surface area contributed by atoms with Crippen molar-refractivity contribution in [1.29, 1.82) is 0 Å². The fourth-order valence-electron chi connectivity index (χ4n) is 6.03. The molecule has 0 saturated heterocycles. The second-order valence-electron chi connectivity index (χ2n) is 12.6. The van der Waals surface area contributed by atoms with E-state index in [1.54, 1.807) is 26.0 Å². The van der Waals surface area contributed by atoms with Crippen molar-refractivity contribution < 1.29 is 29.3 Å². The Kier molecular flexibility index (Phi) is 10.6. The van der Waals surface area contributed by atoms with Gasteiger partial charge >= 0.3 is 5.97 Å². The molecule has 0 radical (unpaired) electrons. The molecule has 0 fully saturated rings. The molecular formula is C36H46O6. The first-order valence-electron chi connectivity index (χ1n) is 14.8. The van der Waals surface area contributed by atoms with Crippen LogP contribution in [-0.2, 0) is 19.1 Å². The molecule has 0 amide bonds. The first-order valence-corrected chi connectivity index (χ1v) is 14.8. The highest BCUT2D eigenvalue weighted by Crippen LogP contribution is 2.53. The molecule has 2 aliphatic rings. The fourth-order valence-corrected chi connectivity index (χ4v) is 6.03. The van der Waals surface area contributed by atoms with E-state index >= 15 is 0 Å². The normalized spacial score (nSPS) is 23.5. The summed E-state index contributed by atoms with van der Waals surface area (Å²) in [4.78, 5) is 40.9. The van der Waals surface area contributed by atoms with Crippen LogP contribution in [0.25, 0.3) is 0 Å². The van der Waals surface area contributed by atoms with E-state index in [0.29, 0.717) is 12.0 Å². The maximum atomic E-state index is 14.7. The minimum absolute atomic E-state index is 0.0247. The van der Waals surface area contributed by atoms with E-state index in [-0.39, 0.29) is 53.6 Å². The number of Topliss-reactive ketones (excluding diaryl/α,β-unsaturated/α-hetero) is 2. The van der Waals surface area contributed by atoms with Gasteiger partial charge in [0.25, 0.3) is 0 Å². The minimum atomic E-state index is -1.47. The molecule has 0 spiro atoms. The Hall–Kier alpha value is -3.67. The van der Waals surface area contributed by atoms with E-state index in [1.165, 1.54) is 0 Å². The predicted octanol–water partition coefficient (Wildman–Crippen LogP) is 8.19. The molecule has 1 aliphatic heterocycles. The van der Waals surface area contributed by atoms with Gasteiger partial charge in [-0.05, 0) is 78.7 Å². The Morgan fingerprint density at radius 1 is 1.07 bits per heavy atom. The van der Waals surface area contributed by atoms with Crippen LogP contribution in [0, 0.1) is 17.3 Å². The van der Waals surface area contributed by atoms with Gasteiger partial charge in [0.05, 0.1) is 17.8 Å². The molecular weight excluding hydrogens is 528 g/mol. The molecule has 226 valence electrons. The number of rotatable bonds is 12. The number of hydrogen-bond acceptors (Lipinski definition) is 5. The average Bonchev–Trinajstić information content (AvgIpc) is 2.91. The molecule has 0 saturated carbocycles. The van der Waals surface area contributed by atoms with Crippen molar-refractivity contribution >= 4 is 17.5 Å². The van der Waals surface area contributed by atoms with Crippen molar-refractivity contribution in [3.8, 4) is 0 Å². The number of carboxylic acids is 1. The van der Waals surface area contributed by atoms with Gasteiger partial charge in [-0.3, -0.25) is 14.4 Å². The summed E-state index contributed by atoms with van der Waals surface area (Å²) < 4.78 is 6.27. The predicted molar refractivity (Wildman–Crippen MR) is 166 cm³/mol. The first kappa shape index (κ1) is 32.8. The summed E-state index contributed by atoms with van der Waals surface area (Å²) in [6, 6.07) is 9.05. The molecule has 6 heteroatoms. The number of aliphatic hydroxyl groups excluding tert-OH is 1. The van der Waals surface area contributed by atoms with Crippen LogP contribution in [-0.4, -0.2) is 33.9 Å². The lowest BCUT2D eigenvalue weighted by atomic mass is 9.61. The largest absolute Gasteiger partial charge is 0.511 e. The number of carbonyl (C=O) groups excluding carboxylic acids is 2. The number of ether oxygens (including phenoxy) is 1. The highest BCUT2D eigenvalue weighted by atomic mass is 16.5. The summed E-state index contributed by atoms with van der Waals surface area (Å²) in [5.74, 6) is -3.52. The molecule has 0 bridgehead atoms. The third kappa shape index (κ3) is 7.03. The van der Waals surface area contributed by atoms with E-state index in [2.05, 4.69) is 12.7 Å². The molecule has 1 aromatic rings. The number of aliphatic carboxylic acids is 1. The van der Waals surface area contributed by atoms with Gasteiger partial charge in [0.2, 0.25) is 0 Å². The monoisotopic (exact) mass is 574 g/mol. The molecule has 5 unspecified atom stereocenters. The van der Waals surface area contributed by atoms with Gasteiger partial charge in [-0.25, -0.2) is 0 Å². The van der Waals surface area contributed by atoms with Gasteiger partial charge in [0.15, 0.2) is 11.6 Å². The molecule has 0 aromatic heterocycles. The smallest absolute Gasteiger partial charge is 0.304 e. The molecule has 1 heterocycles. The second-order valence-corrected chi connectivity index (χ2v) is 12.6. The van der Waals surface area contributed by atoms with Crippen LogP contribution in [0.2, 0.25) is 0 Å². The van der Waals surface area contributed by atoms with Crippen LogP contribution in [0.1, 0.15) is 92.1 Å². The summed E-state index contributed by atoms with van der Waals surface area (Å²) in [5.41, 5.74) is 2.42. The highest BCUT2D eigenvalue weighted by Gasteiger charge is 2.55. The summed E-state index contributed by atoms with van der Waals surface area (Å²) >= 11 is 0. The number of aliphatic hydroxyl groups is 1. The van der Waals surface area contributed by atoms with Crippen molar-refractivity contribution in [2.45, 2.75) is 92.6 Å². The van der Waals surface area contributed by atoms with Crippen molar-refractivity contribution in [2.24, 2.45) is 17.3 Å². The molecule has 3 rings (SSSR count). The number of hydrogen-bond donors (Lipinski definition) is 2. The lowest BCUT2D eigenvalue weighted by molar-refractivity contribution is -0.137. The number of ketones is 2. The van der Waals surface area contributed by atoms with E-state index < -0.39 is 35.1 Å². The van der Waals surface area contributed by atoms with Crippen LogP contribution >= 0.6 is 0 Å². The summed E-state index contributed by atoms with van der Waals surface area (Å²) in [5, 5.41) is 22.4. The van der Waals surface area contributed by atoms with Crippen LogP contribution in [0.4, 0.5) is 0 Å². The van der Waals surface area contributed by atoms with Gasteiger partial charge in [0.1, 0.15) is 23.2 Å². The highest BCUT2D eigenvalue weighted by molar-refractivity contribution is 6.25. The van der Waals surface area contributed by atoms with E-state index in [4.69, 9.17) is 4.74 Å². The molecule has 42 heavy (non-hydrogen) atoms. The van der Waals surface area contributed by atoms with Crippen LogP contribution in [0.3, 0.4) is 0 Å². The van der Waals surface area contributed by atoms with E-state index in [0.717, 1.165) is 23.1 Å². The standard InChI is InChI=1S/C36H46O6/c1-21(2)14-15-26(18-23(5)6)20-36(17-16-22(3)4)34(40)30(28(19-29(37)38)27-12-10-9-11-13-27)33-31(35(36)41)32(39)24(7)25(8)42-33/h9-13,16,18,24-26,28,40H,1,14-15,17,19-20H2,2-8H3,(H,37,38). The summed E-state index contributed by atoms with van der Waals surface area (Å²) in [6.07, 6.45) is 5.04. The lowest BCUT2D eigenvalue weighted by Crippen LogP contribution is -2.47. The van der Waals surface area contributed by atoms with Gasteiger partial charge < -0.3 is 14.9 Å². The van der Waals surface area contributed by atoms with Crippen molar-refractivity contribution in [2.75, 3.05) is 0 Å². The SMILES string of the molecule is C=C(C)CCC(C=C(C)C)CC1(CC=C(C)C)C(=O)C2=C(OC(C)C(C)C2=O)C(C(CC(=O)O)c2ccccc2)=C1O. The van der Waals surface area contributed by atoms with Crippen molar-refractivity contribution in [3.63, 3.8) is 0 Å². The summed E-state index contributed by atoms with van der Waals surface area (Å²) in [7, 11) is 0. The number of carboxylic acid groups (broad SMARTS) is 1. The Labute approximate surface area is 250 Å². The van der Waals surface area contributed by atoms with Crippen LogP contribution in [0.15, 0.2) is 88.4 Å². The molecule has 1 aliphatic carbocycles. The van der Waals surface area contributed by atoms with E-state index in [9.17, 15) is 24.6 Å².